The van der Waals surface area contributed by atoms with Crippen LogP contribution in [0.4, 0.5) is 0 Å². The molecule has 4 aromatic rings. The molecule has 0 saturated carbocycles. The molecular formula is C23H17IN2O3. The van der Waals surface area contributed by atoms with Gasteiger partial charge in [-0.15, -0.1) is 0 Å². The standard InChI is InChI=1S/C23H17IN2O3/c24-15-7-5-6-14(12-15)13-20(23(28)29)26-22(27)21-16-8-1-3-10-18(16)25-19-11-4-2-9-17(19)21/h1-12,20H,13H2,(H,26,27)(H,28,29)/t20-/m0/s1. The number of carbonyl (C=O) groups is 2. The number of hydrogen-bond acceptors (Lipinski definition) is 3. The normalized spacial score (nSPS) is 12.0. The summed E-state index contributed by atoms with van der Waals surface area (Å²) in [6.07, 6.45) is 0.207. The zero-order valence-electron chi connectivity index (χ0n) is 15.3. The van der Waals surface area contributed by atoms with Gasteiger partial charge in [0.25, 0.3) is 5.91 Å². The molecule has 4 rings (SSSR count). The Kier molecular flexibility index (Phi) is 5.44. The molecule has 0 unspecified atom stereocenters. The predicted molar refractivity (Wildman–Crippen MR) is 121 cm³/mol. The fraction of sp³-hybridized carbons (Fsp3) is 0.0870. The molecule has 0 radical (unpaired) electrons. The quantitative estimate of drug-likeness (QED) is 0.317. The van der Waals surface area contributed by atoms with Crippen molar-refractivity contribution >= 4 is 56.3 Å². The number of fused-ring (bicyclic) bond motifs is 2. The summed E-state index contributed by atoms with van der Waals surface area (Å²) in [5, 5.41) is 13.8. The Morgan fingerprint density at radius 2 is 1.55 bits per heavy atom. The summed E-state index contributed by atoms with van der Waals surface area (Å²) in [5.41, 5.74) is 2.69. The average Bonchev–Trinajstić information content (AvgIpc) is 2.71. The zero-order chi connectivity index (χ0) is 20.4. The van der Waals surface area contributed by atoms with Gasteiger partial charge in [-0.3, -0.25) is 4.79 Å². The first kappa shape index (κ1) is 19.3. The van der Waals surface area contributed by atoms with E-state index >= 15 is 0 Å². The highest BCUT2D eigenvalue weighted by Crippen LogP contribution is 2.26. The fourth-order valence-corrected chi connectivity index (χ4v) is 4.02. The molecule has 0 saturated heterocycles. The van der Waals surface area contributed by atoms with E-state index < -0.39 is 17.9 Å². The van der Waals surface area contributed by atoms with Crippen LogP contribution in [0.5, 0.6) is 0 Å². The second-order valence-corrected chi connectivity index (χ2v) is 7.97. The summed E-state index contributed by atoms with van der Waals surface area (Å²) in [6.45, 7) is 0. The van der Waals surface area contributed by atoms with Crippen molar-refractivity contribution in [1.82, 2.24) is 10.3 Å². The Hall–Kier alpha value is -3.00. The van der Waals surface area contributed by atoms with E-state index in [1.54, 1.807) is 0 Å². The van der Waals surface area contributed by atoms with Crippen LogP contribution in [-0.2, 0) is 11.2 Å². The molecule has 1 atom stereocenters. The van der Waals surface area contributed by atoms with Crippen molar-refractivity contribution in [2.75, 3.05) is 0 Å². The Morgan fingerprint density at radius 1 is 0.931 bits per heavy atom. The van der Waals surface area contributed by atoms with Crippen LogP contribution in [-0.4, -0.2) is 28.0 Å². The maximum Gasteiger partial charge on any atom is 0.326 e. The Morgan fingerprint density at radius 3 is 2.14 bits per heavy atom. The highest BCUT2D eigenvalue weighted by molar-refractivity contribution is 14.1. The Bertz CT molecular complexity index is 1190. The number of carboxylic acids is 1. The first-order valence-corrected chi connectivity index (χ1v) is 10.2. The van der Waals surface area contributed by atoms with Gasteiger partial charge in [-0.05, 0) is 52.4 Å². The molecule has 0 spiro atoms. The SMILES string of the molecule is O=C(N[C@@H](Cc1cccc(I)c1)C(=O)O)c1c2ccccc2nc2ccccc12. The number of carboxylic acid groups (broad SMARTS) is 1. The minimum atomic E-state index is -1.07. The lowest BCUT2D eigenvalue weighted by molar-refractivity contribution is -0.139. The lowest BCUT2D eigenvalue weighted by Gasteiger charge is -2.17. The van der Waals surface area contributed by atoms with E-state index in [0.717, 1.165) is 9.13 Å². The number of halogens is 1. The van der Waals surface area contributed by atoms with Crippen molar-refractivity contribution < 1.29 is 14.7 Å². The van der Waals surface area contributed by atoms with Gasteiger partial charge in [0, 0.05) is 20.8 Å². The van der Waals surface area contributed by atoms with Crippen LogP contribution in [0.15, 0.2) is 72.8 Å². The third-order valence-electron chi connectivity index (χ3n) is 4.75. The van der Waals surface area contributed by atoms with Gasteiger partial charge in [0.2, 0.25) is 0 Å². The number of pyridine rings is 1. The van der Waals surface area contributed by atoms with Gasteiger partial charge in [0.15, 0.2) is 0 Å². The molecule has 5 nitrogen and oxygen atoms in total. The van der Waals surface area contributed by atoms with E-state index in [0.29, 0.717) is 27.4 Å². The van der Waals surface area contributed by atoms with E-state index in [2.05, 4.69) is 32.9 Å². The van der Waals surface area contributed by atoms with Crippen molar-refractivity contribution in [2.45, 2.75) is 12.5 Å². The van der Waals surface area contributed by atoms with E-state index in [9.17, 15) is 14.7 Å². The van der Waals surface area contributed by atoms with Crippen LogP contribution >= 0.6 is 22.6 Å². The maximum absolute atomic E-state index is 13.2. The van der Waals surface area contributed by atoms with Gasteiger partial charge in [0.05, 0.1) is 16.6 Å². The molecule has 1 heterocycles. The van der Waals surface area contributed by atoms with Crippen LogP contribution in [0.25, 0.3) is 21.8 Å². The first-order valence-electron chi connectivity index (χ1n) is 9.08. The Labute approximate surface area is 180 Å². The number of hydrogen-bond donors (Lipinski definition) is 2. The lowest BCUT2D eigenvalue weighted by Crippen LogP contribution is -2.42. The summed E-state index contributed by atoms with van der Waals surface area (Å²) in [6, 6.07) is 21.3. The van der Waals surface area contributed by atoms with Crippen molar-refractivity contribution in [3.8, 4) is 0 Å². The number of rotatable bonds is 5. The zero-order valence-corrected chi connectivity index (χ0v) is 17.5. The van der Waals surface area contributed by atoms with Gasteiger partial charge in [-0.2, -0.15) is 0 Å². The predicted octanol–water partition coefficient (Wildman–Crippen LogP) is 4.42. The highest BCUT2D eigenvalue weighted by Gasteiger charge is 2.24. The fourth-order valence-electron chi connectivity index (χ4n) is 3.41. The van der Waals surface area contributed by atoms with Crippen molar-refractivity contribution in [1.29, 1.82) is 0 Å². The molecule has 1 amide bonds. The largest absolute Gasteiger partial charge is 0.480 e. The van der Waals surface area contributed by atoms with Crippen molar-refractivity contribution in [3.63, 3.8) is 0 Å². The molecule has 0 bridgehead atoms. The van der Waals surface area contributed by atoms with Crippen LogP contribution in [0.2, 0.25) is 0 Å². The topological polar surface area (TPSA) is 79.3 Å². The molecule has 6 heteroatoms. The van der Waals surface area contributed by atoms with Crippen molar-refractivity contribution in [3.05, 3.63) is 87.5 Å². The van der Waals surface area contributed by atoms with Crippen molar-refractivity contribution in [2.24, 2.45) is 0 Å². The van der Waals surface area contributed by atoms with Gasteiger partial charge >= 0.3 is 5.97 Å². The molecule has 0 fully saturated rings. The van der Waals surface area contributed by atoms with Gasteiger partial charge in [0.1, 0.15) is 6.04 Å². The molecule has 144 valence electrons. The van der Waals surface area contributed by atoms with Crippen LogP contribution in [0.3, 0.4) is 0 Å². The number of benzene rings is 3. The second-order valence-electron chi connectivity index (χ2n) is 6.72. The van der Waals surface area contributed by atoms with Crippen LogP contribution in [0, 0.1) is 3.57 Å². The molecule has 3 aromatic carbocycles. The molecule has 1 aromatic heterocycles. The summed E-state index contributed by atoms with van der Waals surface area (Å²) >= 11 is 2.18. The second kappa shape index (κ2) is 8.16. The number of aliphatic carboxylic acids is 1. The number of carbonyl (C=O) groups excluding carboxylic acids is 1. The van der Waals surface area contributed by atoms with Gasteiger partial charge < -0.3 is 10.4 Å². The number of amides is 1. The first-order chi connectivity index (χ1) is 14.0. The lowest BCUT2D eigenvalue weighted by atomic mass is 10.0. The molecule has 29 heavy (non-hydrogen) atoms. The Balaban J connectivity index is 1.74. The van der Waals surface area contributed by atoms with Crippen LogP contribution < -0.4 is 5.32 Å². The van der Waals surface area contributed by atoms with Gasteiger partial charge in [-0.1, -0.05) is 48.5 Å². The van der Waals surface area contributed by atoms with E-state index in [4.69, 9.17) is 0 Å². The third kappa shape index (κ3) is 4.07. The summed E-state index contributed by atoms with van der Waals surface area (Å²) in [5.74, 6) is -1.49. The van der Waals surface area contributed by atoms with Gasteiger partial charge in [-0.25, -0.2) is 9.78 Å². The third-order valence-corrected chi connectivity index (χ3v) is 5.42. The minimum Gasteiger partial charge on any atom is -0.480 e. The van der Waals surface area contributed by atoms with E-state index in [1.807, 2.05) is 72.8 Å². The highest BCUT2D eigenvalue weighted by atomic mass is 127. The maximum atomic E-state index is 13.2. The molecule has 2 N–H and O–H groups in total. The van der Waals surface area contributed by atoms with E-state index in [-0.39, 0.29) is 6.42 Å². The molecule has 0 aliphatic heterocycles. The summed E-state index contributed by atoms with van der Waals surface area (Å²) in [4.78, 5) is 29.7. The minimum absolute atomic E-state index is 0.207. The molecule has 0 aliphatic rings. The number of nitrogens with one attached hydrogen (secondary N) is 1. The van der Waals surface area contributed by atoms with Crippen LogP contribution in [0.1, 0.15) is 15.9 Å². The number of aromatic nitrogens is 1. The molecule has 0 aliphatic carbocycles. The summed E-state index contributed by atoms with van der Waals surface area (Å²) < 4.78 is 1.02. The smallest absolute Gasteiger partial charge is 0.326 e. The number of nitrogens with zero attached hydrogens (tertiary/aromatic N) is 1. The van der Waals surface area contributed by atoms with E-state index in [1.165, 1.54) is 0 Å². The summed E-state index contributed by atoms with van der Waals surface area (Å²) in [7, 11) is 0. The monoisotopic (exact) mass is 496 g/mol. The number of para-hydroxylation sites is 2. The average molecular weight is 496 g/mol. The molecular weight excluding hydrogens is 479 g/mol.